The van der Waals surface area contributed by atoms with Gasteiger partial charge in [0.2, 0.25) is 0 Å². The van der Waals surface area contributed by atoms with Gasteiger partial charge in [0.25, 0.3) is 0 Å². The number of anilines is 1. The van der Waals surface area contributed by atoms with Crippen molar-refractivity contribution in [2.75, 3.05) is 58.4 Å². The van der Waals surface area contributed by atoms with Crippen LogP contribution in [0.15, 0.2) is 35.3 Å². The van der Waals surface area contributed by atoms with Gasteiger partial charge < -0.3 is 19.9 Å². The molecule has 140 valence electrons. The van der Waals surface area contributed by atoms with Crippen molar-refractivity contribution in [1.82, 2.24) is 10.2 Å². The van der Waals surface area contributed by atoms with Crippen LogP contribution in [0.1, 0.15) is 26.2 Å². The van der Waals surface area contributed by atoms with Crippen molar-refractivity contribution in [3.63, 3.8) is 0 Å². The zero-order valence-electron chi connectivity index (χ0n) is 16.1. The van der Waals surface area contributed by atoms with E-state index in [1.165, 1.54) is 24.9 Å². The highest BCUT2D eigenvalue weighted by atomic mass is 16.5. The summed E-state index contributed by atoms with van der Waals surface area (Å²) in [6.07, 6.45) is 3.61. The topological polar surface area (TPSA) is 40.1 Å². The molecular formula is C20H34N4O. The Labute approximate surface area is 153 Å². The minimum atomic E-state index is 0.787. The van der Waals surface area contributed by atoms with Crippen LogP contribution in [0.4, 0.5) is 5.69 Å². The number of ether oxygens (including phenoxy) is 1. The summed E-state index contributed by atoms with van der Waals surface area (Å²) in [6.45, 7) is 7.61. The number of hydrogen-bond donors (Lipinski definition) is 1. The molecule has 1 aliphatic rings. The van der Waals surface area contributed by atoms with Gasteiger partial charge >= 0.3 is 0 Å². The number of benzene rings is 1. The van der Waals surface area contributed by atoms with Crippen molar-refractivity contribution < 1.29 is 4.74 Å². The van der Waals surface area contributed by atoms with E-state index in [2.05, 4.69) is 60.4 Å². The van der Waals surface area contributed by atoms with Crippen LogP contribution in [-0.4, -0.2) is 64.3 Å². The second-order valence-corrected chi connectivity index (χ2v) is 6.76. The standard InChI is InChI=1S/C20H34N4O/c1-4-21-20(24(3)14-10-18-11-16-25-17-12-18)22-13-15-23(2)19-8-6-5-7-9-19/h5-9,18H,4,10-17H2,1-3H3,(H,21,22). The molecule has 1 N–H and O–H groups in total. The number of para-hydroxylation sites is 1. The van der Waals surface area contributed by atoms with Gasteiger partial charge in [-0.05, 0) is 44.2 Å². The minimum Gasteiger partial charge on any atom is -0.381 e. The Balaban J connectivity index is 1.79. The zero-order valence-corrected chi connectivity index (χ0v) is 16.1. The normalized spacial score (nSPS) is 15.9. The Bertz CT molecular complexity index is 500. The van der Waals surface area contributed by atoms with Crippen molar-refractivity contribution >= 4 is 11.6 Å². The van der Waals surface area contributed by atoms with Gasteiger partial charge in [-0.15, -0.1) is 0 Å². The molecule has 1 saturated heterocycles. The van der Waals surface area contributed by atoms with Gasteiger partial charge in [0.15, 0.2) is 5.96 Å². The third kappa shape index (κ3) is 6.94. The molecular weight excluding hydrogens is 312 g/mol. The lowest BCUT2D eigenvalue weighted by Crippen LogP contribution is -2.40. The second kappa shape index (κ2) is 11.0. The van der Waals surface area contributed by atoms with E-state index in [1.54, 1.807) is 0 Å². The maximum absolute atomic E-state index is 5.45. The molecule has 0 bridgehead atoms. The maximum atomic E-state index is 5.45. The fraction of sp³-hybridized carbons (Fsp3) is 0.650. The molecule has 5 heteroatoms. The molecule has 1 fully saturated rings. The van der Waals surface area contributed by atoms with E-state index in [0.717, 1.165) is 51.3 Å². The molecule has 1 aromatic rings. The van der Waals surface area contributed by atoms with E-state index in [0.29, 0.717) is 0 Å². The number of nitrogens with zero attached hydrogens (tertiary/aromatic N) is 3. The van der Waals surface area contributed by atoms with Crippen molar-refractivity contribution in [2.45, 2.75) is 26.2 Å². The first-order valence-corrected chi connectivity index (χ1v) is 9.54. The first kappa shape index (κ1) is 19.6. The summed E-state index contributed by atoms with van der Waals surface area (Å²) >= 11 is 0. The van der Waals surface area contributed by atoms with Crippen LogP contribution in [0.3, 0.4) is 0 Å². The molecule has 25 heavy (non-hydrogen) atoms. The smallest absolute Gasteiger partial charge is 0.193 e. The average Bonchev–Trinajstić information content (AvgIpc) is 2.67. The SMILES string of the molecule is CCNC(=NCCN(C)c1ccccc1)N(C)CCC1CCOCC1. The van der Waals surface area contributed by atoms with Gasteiger partial charge in [0.05, 0.1) is 6.54 Å². The zero-order chi connectivity index (χ0) is 17.9. The molecule has 0 amide bonds. The first-order chi connectivity index (χ1) is 12.2. The van der Waals surface area contributed by atoms with Crippen LogP contribution in [0.25, 0.3) is 0 Å². The molecule has 0 spiro atoms. The van der Waals surface area contributed by atoms with Gasteiger partial charge in [-0.1, -0.05) is 18.2 Å². The second-order valence-electron chi connectivity index (χ2n) is 6.76. The summed E-state index contributed by atoms with van der Waals surface area (Å²) < 4.78 is 5.45. The Morgan fingerprint density at radius 3 is 2.56 bits per heavy atom. The Hall–Kier alpha value is -1.75. The van der Waals surface area contributed by atoms with Crippen LogP contribution in [0.2, 0.25) is 0 Å². The number of likely N-dealkylation sites (N-methyl/N-ethyl adjacent to an activating group) is 1. The summed E-state index contributed by atoms with van der Waals surface area (Å²) in [5.41, 5.74) is 1.23. The maximum Gasteiger partial charge on any atom is 0.193 e. The molecule has 0 saturated carbocycles. The Morgan fingerprint density at radius 1 is 1.16 bits per heavy atom. The van der Waals surface area contributed by atoms with Crippen LogP contribution in [0.5, 0.6) is 0 Å². The molecule has 0 radical (unpaired) electrons. The monoisotopic (exact) mass is 346 g/mol. The number of nitrogens with one attached hydrogen (secondary N) is 1. The lowest BCUT2D eigenvalue weighted by Gasteiger charge is -2.27. The highest BCUT2D eigenvalue weighted by molar-refractivity contribution is 5.79. The summed E-state index contributed by atoms with van der Waals surface area (Å²) in [5.74, 6) is 1.80. The molecule has 0 aliphatic carbocycles. The Kier molecular flexibility index (Phi) is 8.60. The summed E-state index contributed by atoms with van der Waals surface area (Å²) in [5, 5.41) is 3.42. The van der Waals surface area contributed by atoms with E-state index < -0.39 is 0 Å². The summed E-state index contributed by atoms with van der Waals surface area (Å²) in [7, 11) is 4.26. The number of rotatable bonds is 8. The Morgan fingerprint density at radius 2 is 1.88 bits per heavy atom. The third-order valence-corrected chi connectivity index (χ3v) is 4.80. The number of aliphatic imine (C=N–C) groups is 1. The molecule has 1 aromatic carbocycles. The van der Waals surface area contributed by atoms with Crippen molar-refractivity contribution in [3.8, 4) is 0 Å². The third-order valence-electron chi connectivity index (χ3n) is 4.80. The molecule has 2 rings (SSSR count). The average molecular weight is 347 g/mol. The molecule has 0 unspecified atom stereocenters. The van der Waals surface area contributed by atoms with E-state index >= 15 is 0 Å². The van der Waals surface area contributed by atoms with E-state index in [4.69, 9.17) is 9.73 Å². The van der Waals surface area contributed by atoms with Crippen LogP contribution in [-0.2, 0) is 4.74 Å². The predicted molar refractivity (Wildman–Crippen MR) is 106 cm³/mol. The van der Waals surface area contributed by atoms with Crippen molar-refractivity contribution in [2.24, 2.45) is 10.9 Å². The van der Waals surface area contributed by atoms with E-state index in [-0.39, 0.29) is 0 Å². The first-order valence-electron chi connectivity index (χ1n) is 9.54. The van der Waals surface area contributed by atoms with Gasteiger partial charge in [0.1, 0.15) is 0 Å². The van der Waals surface area contributed by atoms with Gasteiger partial charge in [-0.3, -0.25) is 4.99 Å². The van der Waals surface area contributed by atoms with Crippen LogP contribution in [0, 0.1) is 5.92 Å². The lowest BCUT2D eigenvalue weighted by atomic mass is 9.96. The fourth-order valence-corrected chi connectivity index (χ4v) is 3.10. The van der Waals surface area contributed by atoms with E-state index in [1.807, 2.05) is 6.07 Å². The summed E-state index contributed by atoms with van der Waals surface area (Å²) in [6, 6.07) is 10.5. The van der Waals surface area contributed by atoms with Crippen LogP contribution >= 0.6 is 0 Å². The fourth-order valence-electron chi connectivity index (χ4n) is 3.10. The minimum absolute atomic E-state index is 0.787. The lowest BCUT2D eigenvalue weighted by molar-refractivity contribution is 0.0625. The number of hydrogen-bond acceptors (Lipinski definition) is 3. The quantitative estimate of drug-likeness (QED) is 0.580. The molecule has 5 nitrogen and oxygen atoms in total. The molecule has 0 atom stereocenters. The van der Waals surface area contributed by atoms with E-state index in [9.17, 15) is 0 Å². The predicted octanol–water partition coefficient (Wildman–Crippen LogP) is 2.84. The molecule has 1 heterocycles. The van der Waals surface area contributed by atoms with Gasteiger partial charge in [0, 0.05) is 52.6 Å². The number of guanidine groups is 1. The van der Waals surface area contributed by atoms with Crippen LogP contribution < -0.4 is 10.2 Å². The van der Waals surface area contributed by atoms with Gasteiger partial charge in [-0.25, -0.2) is 0 Å². The summed E-state index contributed by atoms with van der Waals surface area (Å²) in [4.78, 5) is 9.32. The van der Waals surface area contributed by atoms with Crippen molar-refractivity contribution in [1.29, 1.82) is 0 Å². The van der Waals surface area contributed by atoms with Gasteiger partial charge in [-0.2, -0.15) is 0 Å². The molecule has 1 aliphatic heterocycles. The largest absolute Gasteiger partial charge is 0.381 e. The highest BCUT2D eigenvalue weighted by Gasteiger charge is 2.15. The molecule has 0 aromatic heterocycles. The van der Waals surface area contributed by atoms with Crippen molar-refractivity contribution in [3.05, 3.63) is 30.3 Å². The highest BCUT2D eigenvalue weighted by Crippen LogP contribution is 2.18.